The molecular weight excluding hydrogens is 503 g/mol. The van der Waals surface area contributed by atoms with Crippen LogP contribution in [0.25, 0.3) is 16.9 Å². The molecule has 1 fully saturated rings. The number of carbonyl (C=O) groups excluding carboxylic acids is 1. The van der Waals surface area contributed by atoms with Crippen LogP contribution in [0.4, 0.5) is 16.3 Å². The number of ether oxygens (including phenoxy) is 2. The first-order valence-electron chi connectivity index (χ1n) is 12.4. The minimum atomic E-state index is -0.155. The van der Waals surface area contributed by atoms with Gasteiger partial charge in [0.15, 0.2) is 5.65 Å². The third-order valence-corrected chi connectivity index (χ3v) is 6.96. The molecule has 194 valence electrons. The summed E-state index contributed by atoms with van der Waals surface area (Å²) < 4.78 is 12.3. The van der Waals surface area contributed by atoms with Crippen molar-refractivity contribution in [2.75, 3.05) is 44.5 Å². The fraction of sp³-hybridized carbons (Fsp3) is 0.296. The van der Waals surface area contributed by atoms with Crippen molar-refractivity contribution < 1.29 is 14.3 Å². The molecule has 38 heavy (non-hydrogen) atoms. The van der Waals surface area contributed by atoms with Crippen LogP contribution in [0.1, 0.15) is 12.8 Å². The number of urea groups is 1. The van der Waals surface area contributed by atoms with Crippen LogP contribution >= 0.6 is 11.6 Å². The van der Waals surface area contributed by atoms with E-state index in [2.05, 4.69) is 15.7 Å². The van der Waals surface area contributed by atoms with Gasteiger partial charge in [0.2, 0.25) is 0 Å². The van der Waals surface area contributed by atoms with E-state index < -0.39 is 0 Å². The van der Waals surface area contributed by atoms with Crippen LogP contribution in [0, 0.1) is 5.92 Å². The molecule has 5 rings (SSSR count). The first-order chi connectivity index (χ1) is 18.4. The van der Waals surface area contributed by atoms with Gasteiger partial charge in [-0.2, -0.15) is 9.61 Å². The van der Waals surface area contributed by atoms with Gasteiger partial charge in [-0.1, -0.05) is 29.8 Å². The molecule has 9 nitrogen and oxygen atoms in total. The van der Waals surface area contributed by atoms with Crippen LogP contribution in [-0.2, 0) is 0 Å². The number of hydrogen-bond acceptors (Lipinski definition) is 6. The minimum Gasteiger partial charge on any atom is -0.497 e. The van der Waals surface area contributed by atoms with Gasteiger partial charge >= 0.3 is 6.03 Å². The fourth-order valence-electron chi connectivity index (χ4n) is 4.66. The van der Waals surface area contributed by atoms with E-state index in [4.69, 9.17) is 33.9 Å². The number of amides is 2. The Morgan fingerprint density at radius 2 is 1.92 bits per heavy atom. The van der Waals surface area contributed by atoms with E-state index in [1.807, 2.05) is 35.2 Å². The predicted molar refractivity (Wildman–Crippen MR) is 150 cm³/mol. The summed E-state index contributed by atoms with van der Waals surface area (Å²) in [6, 6.07) is 14.6. The van der Waals surface area contributed by atoms with Crippen LogP contribution in [-0.4, -0.2) is 67.2 Å². The lowest BCUT2D eigenvalue weighted by atomic mass is 9.98. The molecule has 2 N–H and O–H groups in total. The Bertz CT molecular complexity index is 1440. The molecule has 2 amide bonds. The number of benzene rings is 2. The van der Waals surface area contributed by atoms with Crippen molar-refractivity contribution in [1.82, 2.24) is 19.5 Å². The number of carbonyl (C=O) groups is 1. The number of anilines is 2. The molecule has 1 unspecified atom stereocenters. The molecule has 0 aliphatic carbocycles. The number of rotatable bonds is 7. The third kappa shape index (κ3) is 5.50. The second-order valence-electron chi connectivity index (χ2n) is 9.21. The van der Waals surface area contributed by atoms with Crippen molar-refractivity contribution in [3.05, 3.63) is 59.8 Å². The Kier molecular flexibility index (Phi) is 7.60. The van der Waals surface area contributed by atoms with Crippen LogP contribution in [0.2, 0.25) is 5.02 Å². The normalized spacial score (nSPS) is 15.3. The summed E-state index contributed by atoms with van der Waals surface area (Å²) in [5.74, 6) is 2.22. The maximum Gasteiger partial charge on any atom is 0.321 e. The highest BCUT2D eigenvalue weighted by Crippen LogP contribution is 2.29. The van der Waals surface area contributed by atoms with Crippen molar-refractivity contribution in [3.63, 3.8) is 0 Å². The smallest absolute Gasteiger partial charge is 0.321 e. The molecule has 4 aromatic rings. The number of methoxy groups -OCH3 is 2. The number of piperidine rings is 1. The zero-order valence-corrected chi connectivity index (χ0v) is 22.0. The van der Waals surface area contributed by atoms with Crippen molar-refractivity contribution in [2.45, 2.75) is 12.8 Å². The van der Waals surface area contributed by atoms with Crippen LogP contribution < -0.4 is 25.6 Å². The number of aromatic nitrogens is 3. The van der Waals surface area contributed by atoms with E-state index in [9.17, 15) is 4.79 Å². The van der Waals surface area contributed by atoms with Gasteiger partial charge in [-0.3, -0.25) is 0 Å². The van der Waals surface area contributed by atoms with Crippen LogP contribution in [0.3, 0.4) is 0 Å². The third-order valence-electron chi connectivity index (χ3n) is 6.63. The summed E-state index contributed by atoms with van der Waals surface area (Å²) in [6.07, 6.45) is 3.49. The lowest BCUT2D eigenvalue weighted by Crippen LogP contribution is -2.44. The highest BCUT2D eigenvalue weighted by molar-refractivity contribution is 6.36. The molecular formula is C27H28BClN6O3. The molecule has 0 spiro atoms. The van der Waals surface area contributed by atoms with Gasteiger partial charge in [-0.25, -0.2) is 9.78 Å². The molecule has 2 aromatic carbocycles. The lowest BCUT2D eigenvalue weighted by molar-refractivity contribution is 0.180. The Morgan fingerprint density at radius 1 is 1.16 bits per heavy atom. The minimum absolute atomic E-state index is 0.155. The standard InChI is InChI=1S/C27H28BClN6O3/c1-37-19-10-18(11-20(12-19)38-2)32-27(36)34-9-5-6-17(16-34)14-30-25-13-24(21-7-3-4-8-23(21)29)33-26-22(28)15-31-35(25)26/h3-4,7-8,10-13,15,17,30H,5-6,9,14,16H2,1-2H3,(H,32,36). The molecule has 1 atom stereocenters. The maximum absolute atomic E-state index is 13.1. The van der Waals surface area contributed by atoms with Gasteiger partial charge in [-0.05, 0) is 30.3 Å². The van der Waals surface area contributed by atoms with E-state index in [0.717, 1.165) is 24.2 Å². The van der Waals surface area contributed by atoms with Crippen molar-refractivity contribution in [2.24, 2.45) is 5.92 Å². The average molecular weight is 531 g/mol. The quantitative estimate of drug-likeness (QED) is 0.348. The number of nitrogens with zero attached hydrogens (tertiary/aromatic N) is 4. The first-order valence-corrected chi connectivity index (χ1v) is 12.7. The highest BCUT2D eigenvalue weighted by Gasteiger charge is 2.24. The van der Waals surface area contributed by atoms with Gasteiger partial charge in [0, 0.05) is 66.4 Å². The number of halogens is 1. The summed E-state index contributed by atoms with van der Waals surface area (Å²) >= 11 is 6.44. The monoisotopic (exact) mass is 530 g/mol. The van der Waals surface area contributed by atoms with Gasteiger partial charge in [0.1, 0.15) is 25.2 Å². The van der Waals surface area contributed by atoms with Crippen LogP contribution in [0.5, 0.6) is 11.5 Å². The lowest BCUT2D eigenvalue weighted by Gasteiger charge is -2.33. The molecule has 2 aromatic heterocycles. The topological polar surface area (TPSA) is 93.0 Å². The SMILES string of the molecule is [B]c1cnn2c(NCC3CCCN(C(=O)Nc4cc(OC)cc(OC)c4)C3)cc(-c3ccccc3Cl)nc12. The largest absolute Gasteiger partial charge is 0.497 e. The Labute approximate surface area is 227 Å². The summed E-state index contributed by atoms with van der Waals surface area (Å²) in [5, 5.41) is 11.5. The number of hydrogen-bond donors (Lipinski definition) is 2. The van der Waals surface area contributed by atoms with Crippen LogP contribution in [0.15, 0.2) is 54.7 Å². The van der Waals surface area contributed by atoms with Crippen molar-refractivity contribution in [1.29, 1.82) is 0 Å². The maximum atomic E-state index is 13.1. The Morgan fingerprint density at radius 3 is 2.66 bits per heavy atom. The average Bonchev–Trinajstić information content (AvgIpc) is 3.32. The molecule has 1 saturated heterocycles. The molecule has 11 heteroatoms. The zero-order chi connectivity index (χ0) is 26.6. The predicted octanol–water partition coefficient (Wildman–Crippen LogP) is 4.22. The number of likely N-dealkylation sites (tertiary alicyclic amines) is 1. The Balaban J connectivity index is 1.29. The summed E-state index contributed by atoms with van der Waals surface area (Å²) in [4.78, 5) is 19.6. The second-order valence-corrected chi connectivity index (χ2v) is 9.62. The van der Waals surface area contributed by atoms with Crippen molar-refractivity contribution in [3.8, 4) is 22.8 Å². The molecule has 1 aliphatic heterocycles. The summed E-state index contributed by atoms with van der Waals surface area (Å²) in [5.41, 5.74) is 3.18. The molecule has 2 radical (unpaired) electrons. The number of nitrogens with one attached hydrogen (secondary N) is 2. The molecule has 1 aliphatic rings. The molecule has 0 bridgehead atoms. The Hall–Kier alpha value is -3.92. The van der Waals surface area contributed by atoms with Gasteiger partial charge < -0.3 is 25.0 Å². The summed E-state index contributed by atoms with van der Waals surface area (Å²) in [6.45, 7) is 1.96. The van der Waals surface area contributed by atoms with Gasteiger partial charge in [0.25, 0.3) is 0 Å². The summed E-state index contributed by atoms with van der Waals surface area (Å²) in [7, 11) is 9.30. The fourth-order valence-corrected chi connectivity index (χ4v) is 4.89. The first kappa shape index (κ1) is 25.7. The highest BCUT2D eigenvalue weighted by atomic mass is 35.5. The van der Waals surface area contributed by atoms with Gasteiger partial charge in [0.05, 0.1) is 19.9 Å². The molecule has 3 heterocycles. The second kappa shape index (κ2) is 11.2. The van der Waals surface area contributed by atoms with Gasteiger partial charge in [-0.15, -0.1) is 0 Å². The zero-order valence-electron chi connectivity index (χ0n) is 21.3. The van der Waals surface area contributed by atoms with E-state index in [-0.39, 0.29) is 11.9 Å². The van der Waals surface area contributed by atoms with E-state index in [1.165, 1.54) is 0 Å². The van der Waals surface area contributed by atoms with E-state index in [1.54, 1.807) is 43.1 Å². The number of fused-ring (bicyclic) bond motifs is 1. The van der Waals surface area contributed by atoms with E-state index in [0.29, 0.717) is 58.6 Å². The molecule has 0 saturated carbocycles. The van der Waals surface area contributed by atoms with Crippen molar-refractivity contribution >= 4 is 48.1 Å². The van der Waals surface area contributed by atoms with E-state index >= 15 is 0 Å².